The Kier molecular flexibility index (Phi) is 3.73. The minimum atomic E-state index is -0.428. The molecule has 1 aromatic heterocycles. The predicted octanol–water partition coefficient (Wildman–Crippen LogP) is 2.15. The number of tetrazole rings is 1. The second-order valence-electron chi connectivity index (χ2n) is 4.46. The molecule has 1 heterocycles. The zero-order chi connectivity index (χ0) is 15.4. The number of nitro groups is 1. The van der Waals surface area contributed by atoms with Crippen LogP contribution in [0.4, 0.5) is 5.69 Å². The summed E-state index contributed by atoms with van der Waals surface area (Å²) < 4.78 is 7.18. The van der Waals surface area contributed by atoms with E-state index >= 15 is 0 Å². The Hall–Kier alpha value is -3.29. The highest BCUT2D eigenvalue weighted by Crippen LogP contribution is 2.17. The first-order valence-corrected chi connectivity index (χ1v) is 6.42. The Bertz CT molecular complexity index is 754. The highest BCUT2D eigenvalue weighted by Gasteiger charge is 2.04. The molecule has 0 amide bonds. The lowest BCUT2D eigenvalue weighted by atomic mass is 10.2. The molecule has 0 atom stereocenters. The van der Waals surface area contributed by atoms with Gasteiger partial charge in [-0.05, 0) is 52.4 Å². The molecule has 0 spiro atoms. The number of ether oxygens (including phenoxy) is 1. The van der Waals surface area contributed by atoms with Crippen molar-refractivity contribution in [3.63, 3.8) is 0 Å². The number of aromatic nitrogens is 4. The number of nitrogens with zero attached hydrogens (tertiary/aromatic N) is 5. The van der Waals surface area contributed by atoms with Crippen molar-refractivity contribution < 1.29 is 9.66 Å². The summed E-state index contributed by atoms with van der Waals surface area (Å²) in [6.45, 7) is 0.336. The molecule has 3 rings (SSSR count). The molecule has 22 heavy (non-hydrogen) atoms. The Labute approximate surface area is 125 Å². The molecule has 8 heteroatoms. The van der Waals surface area contributed by atoms with E-state index in [1.54, 1.807) is 16.8 Å². The first-order chi connectivity index (χ1) is 10.7. The van der Waals surface area contributed by atoms with Crippen LogP contribution in [0.1, 0.15) is 5.56 Å². The summed E-state index contributed by atoms with van der Waals surface area (Å²) in [6, 6.07) is 13.5. The van der Waals surface area contributed by atoms with Crippen molar-refractivity contribution in [2.45, 2.75) is 6.61 Å². The molecule has 0 radical (unpaired) electrons. The minimum Gasteiger partial charge on any atom is -0.489 e. The van der Waals surface area contributed by atoms with E-state index in [0.717, 1.165) is 11.3 Å². The first-order valence-electron chi connectivity index (χ1n) is 6.42. The van der Waals surface area contributed by atoms with Crippen LogP contribution in [-0.2, 0) is 6.61 Å². The minimum absolute atomic E-state index is 0.0644. The number of benzene rings is 2. The molecule has 3 aromatic rings. The highest BCUT2D eigenvalue weighted by atomic mass is 16.6. The Morgan fingerprint density at radius 2 is 1.82 bits per heavy atom. The van der Waals surface area contributed by atoms with Gasteiger partial charge in [-0.25, -0.2) is 4.68 Å². The Morgan fingerprint density at radius 3 is 2.41 bits per heavy atom. The quantitative estimate of drug-likeness (QED) is 0.529. The molecule has 8 nitrogen and oxygen atoms in total. The van der Waals surface area contributed by atoms with E-state index in [-0.39, 0.29) is 5.69 Å². The first kappa shape index (κ1) is 13.7. The standard InChI is InChI=1S/C14H11N5O3/c20-19(21)13-3-1-11(2-4-13)9-22-14-7-5-12(6-8-14)18-10-15-16-17-18/h1-8,10H,9H2. The molecule has 0 N–H and O–H groups in total. The zero-order valence-corrected chi connectivity index (χ0v) is 11.4. The fourth-order valence-corrected chi connectivity index (χ4v) is 1.86. The van der Waals surface area contributed by atoms with Gasteiger partial charge in [0.2, 0.25) is 0 Å². The summed E-state index contributed by atoms with van der Waals surface area (Å²) in [7, 11) is 0. The maximum Gasteiger partial charge on any atom is 0.269 e. The third kappa shape index (κ3) is 3.06. The fraction of sp³-hybridized carbons (Fsp3) is 0.0714. The Morgan fingerprint density at radius 1 is 1.09 bits per heavy atom. The lowest BCUT2D eigenvalue weighted by molar-refractivity contribution is -0.384. The number of nitro benzene ring substituents is 1. The van der Waals surface area contributed by atoms with Crippen molar-refractivity contribution in [1.82, 2.24) is 20.2 Å². The lowest BCUT2D eigenvalue weighted by Gasteiger charge is -2.07. The average molecular weight is 297 g/mol. The Balaban J connectivity index is 1.63. The van der Waals surface area contributed by atoms with Gasteiger partial charge in [-0.15, -0.1) is 5.10 Å². The largest absolute Gasteiger partial charge is 0.489 e. The van der Waals surface area contributed by atoms with Gasteiger partial charge >= 0.3 is 0 Å². The topological polar surface area (TPSA) is 96.0 Å². The molecule has 0 unspecified atom stereocenters. The molecule has 0 aliphatic rings. The van der Waals surface area contributed by atoms with Crippen LogP contribution < -0.4 is 4.74 Å². The van der Waals surface area contributed by atoms with Gasteiger partial charge in [0.1, 0.15) is 18.7 Å². The van der Waals surface area contributed by atoms with Gasteiger partial charge in [-0.3, -0.25) is 10.1 Å². The monoisotopic (exact) mass is 297 g/mol. The molecular formula is C14H11N5O3. The normalized spacial score (nSPS) is 10.4. The average Bonchev–Trinajstić information content (AvgIpc) is 3.08. The van der Waals surface area contributed by atoms with Crippen molar-refractivity contribution in [1.29, 1.82) is 0 Å². The van der Waals surface area contributed by atoms with Crippen molar-refractivity contribution in [3.05, 3.63) is 70.5 Å². The fourth-order valence-electron chi connectivity index (χ4n) is 1.86. The maximum absolute atomic E-state index is 10.6. The molecule has 0 fully saturated rings. The molecular weight excluding hydrogens is 286 g/mol. The van der Waals surface area contributed by atoms with E-state index in [2.05, 4.69) is 15.5 Å². The van der Waals surface area contributed by atoms with E-state index in [9.17, 15) is 10.1 Å². The van der Waals surface area contributed by atoms with Crippen LogP contribution in [0.2, 0.25) is 0 Å². The summed E-state index contributed by atoms with van der Waals surface area (Å²) >= 11 is 0. The van der Waals surface area contributed by atoms with E-state index in [4.69, 9.17) is 4.74 Å². The molecule has 0 saturated carbocycles. The number of hydrogen-bond donors (Lipinski definition) is 0. The third-order valence-corrected chi connectivity index (χ3v) is 3.00. The summed E-state index contributed by atoms with van der Waals surface area (Å²) in [4.78, 5) is 10.2. The summed E-state index contributed by atoms with van der Waals surface area (Å²) in [5.74, 6) is 0.690. The summed E-state index contributed by atoms with van der Waals surface area (Å²) in [5.41, 5.74) is 1.75. The van der Waals surface area contributed by atoms with E-state index in [1.165, 1.54) is 18.5 Å². The van der Waals surface area contributed by atoms with Crippen LogP contribution in [0.15, 0.2) is 54.9 Å². The SMILES string of the molecule is O=[N+]([O-])c1ccc(COc2ccc(-n3cnnn3)cc2)cc1. The third-order valence-electron chi connectivity index (χ3n) is 3.00. The smallest absolute Gasteiger partial charge is 0.269 e. The van der Waals surface area contributed by atoms with Crippen LogP contribution >= 0.6 is 0 Å². The van der Waals surface area contributed by atoms with E-state index in [1.807, 2.05) is 24.3 Å². The van der Waals surface area contributed by atoms with Gasteiger partial charge in [0.05, 0.1) is 10.6 Å². The molecule has 0 saturated heterocycles. The lowest BCUT2D eigenvalue weighted by Crippen LogP contribution is -1.98. The number of rotatable bonds is 5. The van der Waals surface area contributed by atoms with E-state index in [0.29, 0.717) is 12.4 Å². The van der Waals surface area contributed by atoms with Crippen molar-refractivity contribution in [2.75, 3.05) is 0 Å². The highest BCUT2D eigenvalue weighted by molar-refractivity contribution is 5.36. The van der Waals surface area contributed by atoms with Crippen LogP contribution in [0.5, 0.6) is 5.75 Å². The summed E-state index contributed by atoms with van der Waals surface area (Å²) in [6.07, 6.45) is 1.51. The molecule has 0 aliphatic carbocycles. The van der Waals surface area contributed by atoms with Gasteiger partial charge in [0, 0.05) is 12.1 Å². The van der Waals surface area contributed by atoms with Crippen LogP contribution in [-0.4, -0.2) is 25.1 Å². The number of hydrogen-bond acceptors (Lipinski definition) is 6. The van der Waals surface area contributed by atoms with Gasteiger partial charge < -0.3 is 4.74 Å². The van der Waals surface area contributed by atoms with Gasteiger partial charge in [0.25, 0.3) is 5.69 Å². The van der Waals surface area contributed by atoms with Gasteiger partial charge in [-0.1, -0.05) is 0 Å². The molecule has 0 aliphatic heterocycles. The van der Waals surface area contributed by atoms with Crippen molar-refractivity contribution in [3.8, 4) is 11.4 Å². The second kappa shape index (κ2) is 6.00. The second-order valence-corrected chi connectivity index (χ2v) is 4.46. The van der Waals surface area contributed by atoms with Crippen LogP contribution in [0, 0.1) is 10.1 Å². The van der Waals surface area contributed by atoms with Crippen LogP contribution in [0.25, 0.3) is 5.69 Å². The van der Waals surface area contributed by atoms with Crippen LogP contribution in [0.3, 0.4) is 0 Å². The van der Waals surface area contributed by atoms with Crippen molar-refractivity contribution >= 4 is 5.69 Å². The van der Waals surface area contributed by atoms with E-state index < -0.39 is 4.92 Å². The number of non-ortho nitro benzene ring substituents is 1. The van der Waals surface area contributed by atoms with Gasteiger partial charge in [-0.2, -0.15) is 0 Å². The summed E-state index contributed by atoms with van der Waals surface area (Å²) in [5, 5.41) is 21.5. The van der Waals surface area contributed by atoms with Crippen molar-refractivity contribution in [2.24, 2.45) is 0 Å². The predicted molar refractivity (Wildman–Crippen MR) is 76.6 cm³/mol. The van der Waals surface area contributed by atoms with Gasteiger partial charge in [0.15, 0.2) is 0 Å². The zero-order valence-electron chi connectivity index (χ0n) is 11.4. The molecule has 0 bridgehead atoms. The molecule has 110 valence electrons. The maximum atomic E-state index is 10.6. The molecule has 2 aromatic carbocycles.